The monoisotopic (exact) mass is 354 g/mol. The summed E-state index contributed by atoms with van der Waals surface area (Å²) in [4.78, 5) is 0. The Kier molecular flexibility index (Phi) is 5.95. The van der Waals surface area contributed by atoms with Gasteiger partial charge in [-0.25, -0.2) is 8.42 Å². The summed E-state index contributed by atoms with van der Waals surface area (Å²) >= 11 is 3.38. The molecule has 6 heteroatoms. The van der Waals surface area contributed by atoms with Crippen LogP contribution in [0.2, 0.25) is 0 Å². The van der Waals surface area contributed by atoms with E-state index in [-0.39, 0.29) is 17.6 Å². The zero-order valence-corrected chi connectivity index (χ0v) is 13.4. The highest BCUT2D eigenvalue weighted by atomic mass is 79.9. The molecule has 0 aliphatic heterocycles. The molecule has 1 rings (SSSR count). The summed E-state index contributed by atoms with van der Waals surface area (Å²) in [5.41, 5.74) is 0. The van der Waals surface area contributed by atoms with E-state index in [4.69, 9.17) is 15.4 Å². The molecule has 102 valence electrons. The van der Waals surface area contributed by atoms with Gasteiger partial charge in [0.25, 0.3) is 0 Å². The smallest absolute Gasteiger partial charge is 0.233 e. The molecule has 18 heavy (non-hydrogen) atoms. The first kappa shape index (κ1) is 15.8. The molecule has 0 aliphatic rings. The predicted octanol–water partition coefficient (Wildman–Crippen LogP) is 3.67. The lowest BCUT2D eigenvalue weighted by molar-refractivity contribution is 0.224. The molecule has 0 saturated carbocycles. The quantitative estimate of drug-likeness (QED) is 0.731. The van der Waals surface area contributed by atoms with Crippen LogP contribution in [-0.4, -0.2) is 20.8 Å². The van der Waals surface area contributed by atoms with Gasteiger partial charge in [0.05, 0.1) is 16.8 Å². The van der Waals surface area contributed by atoms with Crippen molar-refractivity contribution in [1.82, 2.24) is 0 Å². The lowest BCUT2D eigenvalue weighted by Crippen LogP contribution is -2.24. The number of ether oxygens (including phenoxy) is 1. The Bertz CT molecular complexity index is 488. The standard InChI is InChI=1S/C12H16BrClO3S/c1-9(2)10(8-18(14,15)16)7-17-12-6-4-3-5-11(12)13/h3-6,9-10H,7-8H2,1-2H3. The number of halogens is 2. The van der Waals surface area contributed by atoms with Crippen molar-refractivity contribution in [2.24, 2.45) is 11.8 Å². The summed E-state index contributed by atoms with van der Waals surface area (Å²) < 4.78 is 28.7. The van der Waals surface area contributed by atoms with Crippen molar-refractivity contribution in [2.45, 2.75) is 13.8 Å². The summed E-state index contributed by atoms with van der Waals surface area (Å²) in [5, 5.41) is 0. The second-order valence-electron chi connectivity index (χ2n) is 4.45. The van der Waals surface area contributed by atoms with Crippen LogP contribution in [0.3, 0.4) is 0 Å². The van der Waals surface area contributed by atoms with Crippen molar-refractivity contribution >= 4 is 35.7 Å². The Morgan fingerprint density at radius 1 is 1.33 bits per heavy atom. The maximum Gasteiger partial charge on any atom is 0.233 e. The van der Waals surface area contributed by atoms with Crippen molar-refractivity contribution < 1.29 is 13.2 Å². The predicted molar refractivity (Wildman–Crippen MR) is 77.6 cm³/mol. The molecule has 3 nitrogen and oxygen atoms in total. The molecule has 0 aromatic heterocycles. The number of benzene rings is 1. The Morgan fingerprint density at radius 3 is 2.44 bits per heavy atom. The number of para-hydroxylation sites is 1. The van der Waals surface area contributed by atoms with E-state index in [9.17, 15) is 8.42 Å². The van der Waals surface area contributed by atoms with E-state index < -0.39 is 9.05 Å². The van der Waals surface area contributed by atoms with Crippen LogP contribution in [0.4, 0.5) is 0 Å². The zero-order chi connectivity index (χ0) is 13.8. The molecule has 0 fully saturated rings. The van der Waals surface area contributed by atoms with Crippen LogP contribution < -0.4 is 4.74 Å². The molecule has 0 radical (unpaired) electrons. The Balaban J connectivity index is 2.66. The van der Waals surface area contributed by atoms with Gasteiger partial charge < -0.3 is 4.74 Å². The SMILES string of the molecule is CC(C)C(COc1ccccc1Br)CS(=O)(=O)Cl. The first-order valence-electron chi connectivity index (χ1n) is 5.59. The zero-order valence-electron chi connectivity index (χ0n) is 10.3. The molecular formula is C12H16BrClO3S. The van der Waals surface area contributed by atoms with Gasteiger partial charge in [0, 0.05) is 16.6 Å². The van der Waals surface area contributed by atoms with Crippen molar-refractivity contribution in [3.8, 4) is 5.75 Å². The van der Waals surface area contributed by atoms with E-state index in [0.717, 1.165) is 4.47 Å². The molecule has 1 aromatic rings. The van der Waals surface area contributed by atoms with E-state index in [0.29, 0.717) is 12.4 Å². The largest absolute Gasteiger partial charge is 0.492 e. The Labute approximate surface area is 121 Å². The van der Waals surface area contributed by atoms with Crippen LogP contribution in [0, 0.1) is 11.8 Å². The average molecular weight is 356 g/mol. The van der Waals surface area contributed by atoms with Gasteiger partial charge in [0.15, 0.2) is 0 Å². The van der Waals surface area contributed by atoms with Crippen molar-refractivity contribution in [1.29, 1.82) is 0 Å². The maximum absolute atomic E-state index is 11.1. The van der Waals surface area contributed by atoms with Gasteiger partial charge in [-0.2, -0.15) is 0 Å². The van der Waals surface area contributed by atoms with E-state index in [1.165, 1.54) is 0 Å². The fourth-order valence-corrected chi connectivity index (χ4v) is 3.32. The van der Waals surface area contributed by atoms with Crippen LogP contribution in [0.1, 0.15) is 13.8 Å². The molecule has 1 unspecified atom stereocenters. The molecule has 0 heterocycles. The van der Waals surface area contributed by atoms with E-state index in [1.807, 2.05) is 38.1 Å². The van der Waals surface area contributed by atoms with Gasteiger partial charge in [-0.15, -0.1) is 0 Å². The molecule has 0 N–H and O–H groups in total. The minimum Gasteiger partial charge on any atom is -0.492 e. The lowest BCUT2D eigenvalue weighted by atomic mass is 9.99. The van der Waals surface area contributed by atoms with Gasteiger partial charge in [0.1, 0.15) is 5.75 Å². The summed E-state index contributed by atoms with van der Waals surface area (Å²) in [6, 6.07) is 7.46. The number of rotatable bonds is 6. The highest BCUT2D eigenvalue weighted by molar-refractivity contribution is 9.10. The third kappa shape index (κ3) is 5.59. The third-order valence-electron chi connectivity index (χ3n) is 2.65. The Hall–Kier alpha value is -0.260. The van der Waals surface area contributed by atoms with Gasteiger partial charge in [-0.1, -0.05) is 26.0 Å². The van der Waals surface area contributed by atoms with Gasteiger partial charge in [0.2, 0.25) is 9.05 Å². The lowest BCUT2D eigenvalue weighted by Gasteiger charge is -2.20. The second-order valence-corrected chi connectivity index (χ2v) is 8.13. The van der Waals surface area contributed by atoms with Crippen LogP contribution in [0.25, 0.3) is 0 Å². The molecule has 0 bridgehead atoms. The third-order valence-corrected chi connectivity index (χ3v) is 4.50. The number of hydrogen-bond acceptors (Lipinski definition) is 3. The number of hydrogen-bond donors (Lipinski definition) is 0. The highest BCUT2D eigenvalue weighted by Gasteiger charge is 2.21. The summed E-state index contributed by atoms with van der Waals surface area (Å²) in [7, 11) is 1.79. The van der Waals surface area contributed by atoms with Gasteiger partial charge in [-0.3, -0.25) is 0 Å². The Morgan fingerprint density at radius 2 is 1.94 bits per heavy atom. The van der Waals surface area contributed by atoms with Crippen LogP contribution >= 0.6 is 26.6 Å². The first-order valence-corrected chi connectivity index (χ1v) is 8.86. The molecule has 0 spiro atoms. The van der Waals surface area contributed by atoms with Crippen molar-refractivity contribution in [2.75, 3.05) is 12.4 Å². The molecule has 0 saturated heterocycles. The fraction of sp³-hybridized carbons (Fsp3) is 0.500. The first-order chi connectivity index (χ1) is 8.29. The van der Waals surface area contributed by atoms with Crippen molar-refractivity contribution in [3.05, 3.63) is 28.7 Å². The maximum atomic E-state index is 11.1. The highest BCUT2D eigenvalue weighted by Crippen LogP contribution is 2.25. The topological polar surface area (TPSA) is 43.4 Å². The second kappa shape index (κ2) is 6.78. The van der Waals surface area contributed by atoms with Gasteiger partial charge in [-0.05, 0) is 34.0 Å². The van der Waals surface area contributed by atoms with Gasteiger partial charge >= 0.3 is 0 Å². The summed E-state index contributed by atoms with van der Waals surface area (Å²) in [6.45, 7) is 4.23. The molecule has 1 aromatic carbocycles. The molecule has 0 amide bonds. The minimum absolute atomic E-state index is 0.0727. The summed E-state index contributed by atoms with van der Waals surface area (Å²) in [6.07, 6.45) is 0. The van der Waals surface area contributed by atoms with E-state index >= 15 is 0 Å². The normalized spacial score (nSPS) is 13.6. The van der Waals surface area contributed by atoms with Crippen LogP contribution in [0.5, 0.6) is 5.75 Å². The molecule has 1 atom stereocenters. The van der Waals surface area contributed by atoms with E-state index in [1.54, 1.807) is 0 Å². The average Bonchev–Trinajstić information content (AvgIpc) is 2.24. The fourth-order valence-electron chi connectivity index (χ4n) is 1.45. The van der Waals surface area contributed by atoms with Crippen LogP contribution in [-0.2, 0) is 9.05 Å². The van der Waals surface area contributed by atoms with Crippen molar-refractivity contribution in [3.63, 3.8) is 0 Å². The molecular weight excluding hydrogens is 340 g/mol. The minimum atomic E-state index is -3.50. The van der Waals surface area contributed by atoms with Crippen LogP contribution in [0.15, 0.2) is 28.7 Å². The summed E-state index contributed by atoms with van der Waals surface area (Å²) in [5.74, 6) is 0.687. The van der Waals surface area contributed by atoms with E-state index in [2.05, 4.69) is 15.9 Å². The molecule has 0 aliphatic carbocycles.